The van der Waals surface area contributed by atoms with Crippen LogP contribution < -0.4 is 15.1 Å². The molecule has 0 aliphatic carbocycles. The van der Waals surface area contributed by atoms with Gasteiger partial charge in [0.05, 0.1) is 49.9 Å². The molecule has 2 fully saturated rings. The van der Waals surface area contributed by atoms with E-state index in [4.69, 9.17) is 24.3 Å². The molecule has 5 rings (SSSR count). The number of aryl methyl sites for hydroxylation is 1. The van der Waals surface area contributed by atoms with Crippen LogP contribution in [0.1, 0.15) is 10.4 Å². The number of morpholine rings is 1. The lowest BCUT2D eigenvalue weighted by Crippen LogP contribution is -2.48. The van der Waals surface area contributed by atoms with E-state index in [0.717, 1.165) is 53.2 Å². The van der Waals surface area contributed by atoms with Crippen LogP contribution in [0.2, 0.25) is 0 Å². The number of aromatic nitrogens is 3. The topological polar surface area (TPSA) is 105 Å². The van der Waals surface area contributed by atoms with E-state index < -0.39 is 0 Å². The zero-order valence-corrected chi connectivity index (χ0v) is 21.9. The molecule has 36 heavy (non-hydrogen) atoms. The second-order valence-corrected chi connectivity index (χ2v) is 10.1. The summed E-state index contributed by atoms with van der Waals surface area (Å²) in [6, 6.07) is 1.92. The number of pyridine rings is 1. The van der Waals surface area contributed by atoms with E-state index in [-0.39, 0.29) is 5.91 Å². The Hall–Kier alpha value is -3.06. The fraction of sp³-hybridized carbons (Fsp3) is 0.500. The summed E-state index contributed by atoms with van der Waals surface area (Å²) < 4.78 is 11.9. The van der Waals surface area contributed by atoms with Crippen molar-refractivity contribution in [3.63, 3.8) is 0 Å². The first kappa shape index (κ1) is 24.6. The smallest absolute Gasteiger partial charge is 0.239 e. The number of nitrogens with one attached hydrogen (secondary N) is 1. The van der Waals surface area contributed by atoms with Crippen LogP contribution in [0.4, 0.5) is 11.6 Å². The molecule has 0 unspecified atom stereocenters. The van der Waals surface area contributed by atoms with Crippen molar-refractivity contribution in [3.05, 3.63) is 22.7 Å². The molecule has 1 N–H and O–H groups in total. The molecule has 5 heterocycles. The number of amides is 1. The number of hydrogen-bond acceptors (Lipinski definition) is 11. The van der Waals surface area contributed by atoms with E-state index in [9.17, 15) is 4.79 Å². The van der Waals surface area contributed by atoms with Gasteiger partial charge in [0.15, 0.2) is 0 Å². The fourth-order valence-corrected chi connectivity index (χ4v) is 5.62. The first-order valence-electron chi connectivity index (χ1n) is 11.9. The third-order valence-electron chi connectivity index (χ3n) is 6.56. The van der Waals surface area contributed by atoms with Gasteiger partial charge in [0, 0.05) is 62.0 Å². The molecule has 2 aliphatic heterocycles. The van der Waals surface area contributed by atoms with Crippen LogP contribution in [0, 0.1) is 6.92 Å². The highest BCUT2D eigenvalue weighted by Gasteiger charge is 2.26. The Kier molecular flexibility index (Phi) is 7.19. The highest BCUT2D eigenvalue weighted by Crippen LogP contribution is 2.39. The van der Waals surface area contributed by atoms with Crippen molar-refractivity contribution in [1.82, 2.24) is 24.8 Å². The third kappa shape index (κ3) is 4.81. The van der Waals surface area contributed by atoms with Crippen LogP contribution in [0.15, 0.2) is 12.3 Å². The van der Waals surface area contributed by atoms with Gasteiger partial charge in [-0.25, -0.2) is 15.0 Å². The molecular weight excluding hydrogens is 482 g/mol. The van der Waals surface area contributed by atoms with E-state index in [1.165, 1.54) is 4.88 Å². The molecule has 3 aromatic heterocycles. The molecule has 3 aromatic rings. The van der Waals surface area contributed by atoms with Crippen LogP contribution in [0.5, 0.6) is 5.88 Å². The van der Waals surface area contributed by atoms with Crippen molar-refractivity contribution < 1.29 is 19.1 Å². The Morgan fingerprint density at radius 3 is 2.69 bits per heavy atom. The molecule has 0 radical (unpaired) electrons. The molecule has 0 atom stereocenters. The summed E-state index contributed by atoms with van der Waals surface area (Å²) in [5, 5.41) is 0. The lowest BCUT2D eigenvalue weighted by molar-refractivity contribution is -0.134. The lowest BCUT2D eigenvalue weighted by atomic mass is 10.1. The van der Waals surface area contributed by atoms with E-state index in [1.54, 1.807) is 36.7 Å². The van der Waals surface area contributed by atoms with E-state index in [2.05, 4.69) is 27.2 Å². The molecule has 192 valence electrons. The van der Waals surface area contributed by atoms with Crippen LogP contribution >= 0.6 is 11.3 Å². The zero-order valence-electron chi connectivity index (χ0n) is 21.0. The largest absolute Gasteiger partial charge is 0.479 e. The van der Waals surface area contributed by atoms with Gasteiger partial charge in [-0.15, -0.1) is 11.3 Å². The molecule has 0 aromatic carbocycles. The van der Waals surface area contributed by atoms with Crippen LogP contribution in [-0.4, -0.2) is 97.9 Å². The van der Waals surface area contributed by atoms with Crippen molar-refractivity contribution in [2.24, 2.45) is 0 Å². The van der Waals surface area contributed by atoms with Gasteiger partial charge in [0.2, 0.25) is 17.7 Å². The number of carbonyl (C=O) groups is 1. The molecule has 0 bridgehead atoms. The van der Waals surface area contributed by atoms with Crippen molar-refractivity contribution in [2.75, 3.05) is 77.6 Å². The van der Waals surface area contributed by atoms with E-state index in [1.807, 2.05) is 13.1 Å². The maximum Gasteiger partial charge on any atom is 0.239 e. The first-order valence-corrected chi connectivity index (χ1v) is 12.7. The maximum absolute atomic E-state index is 12.3. The minimum Gasteiger partial charge on any atom is -0.479 e. The predicted molar refractivity (Wildman–Crippen MR) is 139 cm³/mol. The minimum atomic E-state index is 0.144. The van der Waals surface area contributed by atoms with Crippen molar-refractivity contribution in [3.8, 4) is 17.1 Å². The second kappa shape index (κ2) is 10.5. The highest BCUT2D eigenvalue weighted by molar-refractivity contribution is 7.19. The summed E-state index contributed by atoms with van der Waals surface area (Å²) >= 11 is 1.67. The van der Waals surface area contributed by atoms with Gasteiger partial charge >= 0.3 is 0 Å². The first-order chi connectivity index (χ1) is 17.5. The number of hydrogen-bond donors (Lipinski definition) is 1. The second-order valence-electron chi connectivity index (χ2n) is 8.90. The average Bonchev–Trinajstić information content (AvgIpc) is 3.21. The quantitative estimate of drug-likeness (QED) is 0.473. The molecule has 2 saturated heterocycles. The summed E-state index contributed by atoms with van der Waals surface area (Å²) in [6.45, 7) is 7.50. The number of thiophene rings is 1. The number of anilines is 2. The highest BCUT2D eigenvalue weighted by atomic mass is 32.1. The Balaban J connectivity index is 1.62. The number of ether oxygens (including phenoxy) is 2. The normalized spacial score (nSPS) is 17.2. The monoisotopic (exact) mass is 513 g/mol. The summed E-state index contributed by atoms with van der Waals surface area (Å²) in [4.78, 5) is 39.3. The van der Waals surface area contributed by atoms with E-state index >= 15 is 0 Å². The van der Waals surface area contributed by atoms with Gasteiger partial charge in [-0.2, -0.15) is 0 Å². The number of piperazine rings is 1. The molecule has 12 heteroatoms. The summed E-state index contributed by atoms with van der Waals surface area (Å²) in [7, 11) is 4.97. The molecule has 1 amide bonds. The minimum absolute atomic E-state index is 0.144. The number of nitrogens with zero attached hydrogens (tertiary/aromatic N) is 6. The van der Waals surface area contributed by atoms with Crippen molar-refractivity contribution >= 4 is 39.1 Å². The summed E-state index contributed by atoms with van der Waals surface area (Å²) in [5.74, 6) is 1.25. The van der Waals surface area contributed by atoms with E-state index in [0.29, 0.717) is 43.8 Å². The SMILES string of the molecule is CONc1cc(-c2nc(N3CCOCC3)nc3c(CN4CCN(C)C(=O)C4)c(C)sc23)cnc1OC. The van der Waals surface area contributed by atoms with Gasteiger partial charge < -0.3 is 19.3 Å². The number of rotatable bonds is 7. The van der Waals surface area contributed by atoms with Crippen LogP contribution in [-0.2, 0) is 20.9 Å². The molecule has 0 spiro atoms. The van der Waals surface area contributed by atoms with Crippen LogP contribution in [0.25, 0.3) is 21.5 Å². The summed E-state index contributed by atoms with van der Waals surface area (Å²) in [6.07, 6.45) is 1.76. The third-order valence-corrected chi connectivity index (χ3v) is 7.70. The Bertz CT molecular complexity index is 1260. The number of carbonyl (C=O) groups excluding carboxylic acids is 1. The van der Waals surface area contributed by atoms with Crippen LogP contribution in [0.3, 0.4) is 0 Å². The fourth-order valence-electron chi connectivity index (χ4n) is 4.50. The summed E-state index contributed by atoms with van der Waals surface area (Å²) in [5.41, 5.74) is 7.16. The molecule has 0 saturated carbocycles. The molecule has 11 nitrogen and oxygen atoms in total. The van der Waals surface area contributed by atoms with Gasteiger partial charge in [-0.3, -0.25) is 20.0 Å². The van der Waals surface area contributed by atoms with Gasteiger partial charge in [0.1, 0.15) is 5.69 Å². The predicted octanol–water partition coefficient (Wildman–Crippen LogP) is 2.15. The maximum atomic E-state index is 12.3. The number of methoxy groups -OCH3 is 1. The molecule has 2 aliphatic rings. The lowest BCUT2D eigenvalue weighted by Gasteiger charge is -2.32. The van der Waals surface area contributed by atoms with Gasteiger partial charge in [-0.1, -0.05) is 0 Å². The Morgan fingerprint density at radius 1 is 1.17 bits per heavy atom. The van der Waals surface area contributed by atoms with Gasteiger partial charge in [0.25, 0.3) is 0 Å². The van der Waals surface area contributed by atoms with Crippen molar-refractivity contribution in [2.45, 2.75) is 13.5 Å². The van der Waals surface area contributed by atoms with Gasteiger partial charge in [-0.05, 0) is 13.0 Å². The standard InChI is InChI=1S/C24H31N7O4S/c1-15-17(13-30-6-5-29(2)19(32)14-30)21-22(36-15)20(26-24(27-21)31-7-9-35-10-8-31)16-11-18(28-34-4)23(33-3)25-12-16/h11-12,28H,5-10,13-14H2,1-4H3. The zero-order chi connectivity index (χ0) is 25.2. The number of fused-ring (bicyclic) bond motifs is 1. The number of likely N-dealkylation sites (N-methyl/N-ethyl adjacent to an activating group) is 1. The Labute approximate surface area is 213 Å². The van der Waals surface area contributed by atoms with Crippen molar-refractivity contribution in [1.29, 1.82) is 0 Å². The Morgan fingerprint density at radius 2 is 1.97 bits per heavy atom. The average molecular weight is 514 g/mol. The molecular formula is C24H31N7O4S.